The van der Waals surface area contributed by atoms with Gasteiger partial charge in [0, 0.05) is 10.2 Å². The number of rotatable bonds is 1. The molecule has 0 radical (unpaired) electrons. The topological polar surface area (TPSA) is 0 Å². The summed E-state index contributed by atoms with van der Waals surface area (Å²) in [6.07, 6.45) is 0. The first kappa shape index (κ1) is 8.85. The van der Waals surface area contributed by atoms with E-state index in [4.69, 9.17) is 23.2 Å². The Bertz CT molecular complexity index is 294. The van der Waals surface area contributed by atoms with Crippen molar-refractivity contribution in [1.82, 2.24) is 0 Å². The molecule has 3 heteroatoms. The molecule has 58 valence electrons. The van der Waals surface area contributed by atoms with Crippen LogP contribution in [0.1, 0.15) is 5.56 Å². The fourth-order valence-electron chi connectivity index (χ4n) is 0.833. The van der Waals surface area contributed by atoms with Gasteiger partial charge in [0.2, 0.25) is 0 Å². The maximum Gasteiger partial charge on any atom is 0.0662 e. The van der Waals surface area contributed by atoms with Gasteiger partial charge in [0.05, 0.1) is 10.0 Å². The van der Waals surface area contributed by atoms with E-state index in [-0.39, 0.29) is 0 Å². The molecule has 1 aromatic rings. The fraction of sp³-hybridized carbons (Fsp3) is 0. The van der Waals surface area contributed by atoms with Crippen molar-refractivity contribution in [2.45, 2.75) is 0 Å². The van der Waals surface area contributed by atoms with Gasteiger partial charge in [-0.2, -0.15) is 0 Å². The molecule has 0 aromatic heterocycles. The Balaban J connectivity index is 3.27. The van der Waals surface area contributed by atoms with Crippen LogP contribution in [0.2, 0.25) is 10.0 Å². The van der Waals surface area contributed by atoms with Gasteiger partial charge in [0.1, 0.15) is 0 Å². The van der Waals surface area contributed by atoms with E-state index in [1.165, 1.54) is 0 Å². The second-order valence-corrected chi connectivity index (χ2v) is 4.37. The molecule has 0 atom stereocenters. The predicted octanol–water partition coefficient (Wildman–Crippen LogP) is 2.33. The summed E-state index contributed by atoms with van der Waals surface area (Å²) in [7, 11) is 0.915. The van der Waals surface area contributed by atoms with Gasteiger partial charge in [-0.05, 0) is 11.6 Å². The summed E-state index contributed by atoms with van der Waals surface area (Å²) >= 11 is 11.7. The Hall–Kier alpha value is -0.243. The van der Waals surface area contributed by atoms with Crippen LogP contribution in [0.5, 0.6) is 0 Å². The third kappa shape index (κ3) is 1.86. The highest BCUT2D eigenvalue weighted by molar-refractivity contribution is 6.47. The average molecular weight is 203 g/mol. The Morgan fingerprint density at radius 2 is 2.00 bits per heavy atom. The van der Waals surface area contributed by atoms with Gasteiger partial charge in [0.25, 0.3) is 0 Å². The molecule has 0 heterocycles. The predicted molar refractivity (Wildman–Crippen MR) is 55.4 cm³/mol. The van der Waals surface area contributed by atoms with Crippen molar-refractivity contribution in [3.8, 4) is 0 Å². The molecule has 0 fully saturated rings. The lowest BCUT2D eigenvalue weighted by molar-refractivity contribution is 1.65. The average Bonchev–Trinajstić information content (AvgIpc) is 1.94. The van der Waals surface area contributed by atoms with E-state index in [2.05, 4.69) is 6.58 Å². The molecule has 0 spiro atoms. The number of hydrogen-bond donors (Lipinski definition) is 0. The molecule has 1 rings (SSSR count). The molecule has 1 aromatic carbocycles. The molecular formula is C8H8Cl2Si. The standard InChI is InChI=1S/C8H8Cl2Si/c1-5(11)6-3-2-4-7(9)8(6)10/h2-4H,1H2,11H3. The van der Waals surface area contributed by atoms with Crippen molar-refractivity contribution in [2.75, 3.05) is 0 Å². The molecule has 0 nitrogen and oxygen atoms in total. The van der Waals surface area contributed by atoms with Gasteiger partial charge in [-0.3, -0.25) is 0 Å². The van der Waals surface area contributed by atoms with Crippen LogP contribution >= 0.6 is 23.2 Å². The van der Waals surface area contributed by atoms with Crippen molar-refractivity contribution in [1.29, 1.82) is 0 Å². The first-order chi connectivity index (χ1) is 5.13. The summed E-state index contributed by atoms with van der Waals surface area (Å²) in [6, 6.07) is 5.59. The van der Waals surface area contributed by atoms with E-state index in [0.717, 1.165) is 21.0 Å². The van der Waals surface area contributed by atoms with E-state index in [9.17, 15) is 0 Å². The third-order valence-electron chi connectivity index (χ3n) is 1.41. The van der Waals surface area contributed by atoms with Crippen LogP contribution in [0.3, 0.4) is 0 Å². The first-order valence-corrected chi connectivity index (χ1v) is 4.98. The quantitative estimate of drug-likeness (QED) is 0.614. The molecule has 0 aliphatic rings. The lowest BCUT2D eigenvalue weighted by Gasteiger charge is -2.03. The summed E-state index contributed by atoms with van der Waals surface area (Å²) < 4.78 is 0. The van der Waals surface area contributed by atoms with Crippen LogP contribution in [0.25, 0.3) is 5.20 Å². The van der Waals surface area contributed by atoms with Crippen molar-refractivity contribution < 1.29 is 0 Å². The van der Waals surface area contributed by atoms with Crippen LogP contribution in [0.4, 0.5) is 0 Å². The van der Waals surface area contributed by atoms with Crippen molar-refractivity contribution >= 4 is 38.6 Å². The lowest BCUT2D eigenvalue weighted by atomic mass is 10.2. The first-order valence-electron chi connectivity index (χ1n) is 3.23. The fourth-order valence-corrected chi connectivity index (χ4v) is 1.87. The largest absolute Gasteiger partial charge is 0.100 e. The van der Waals surface area contributed by atoms with Gasteiger partial charge < -0.3 is 0 Å². The van der Waals surface area contributed by atoms with Crippen molar-refractivity contribution in [3.63, 3.8) is 0 Å². The Kier molecular flexibility index (Phi) is 2.76. The van der Waals surface area contributed by atoms with Crippen molar-refractivity contribution in [3.05, 3.63) is 40.4 Å². The van der Waals surface area contributed by atoms with E-state index >= 15 is 0 Å². The maximum absolute atomic E-state index is 5.92. The summed E-state index contributed by atoms with van der Waals surface area (Å²) in [5, 5.41) is 2.29. The van der Waals surface area contributed by atoms with E-state index in [1.807, 2.05) is 12.1 Å². The second-order valence-electron chi connectivity index (χ2n) is 2.38. The summed E-state index contributed by atoms with van der Waals surface area (Å²) in [6.45, 7) is 3.85. The SMILES string of the molecule is C=C([SiH3])c1cccc(Cl)c1Cl. The van der Waals surface area contributed by atoms with Gasteiger partial charge in [-0.15, -0.1) is 6.58 Å². The second kappa shape index (κ2) is 3.44. The molecule has 0 bridgehead atoms. The van der Waals surface area contributed by atoms with Crippen molar-refractivity contribution in [2.24, 2.45) is 0 Å². The van der Waals surface area contributed by atoms with Crippen LogP contribution in [0, 0.1) is 0 Å². The number of halogens is 2. The Labute approximate surface area is 79.2 Å². The number of benzene rings is 1. The monoisotopic (exact) mass is 202 g/mol. The maximum atomic E-state index is 5.92. The Morgan fingerprint density at radius 1 is 1.36 bits per heavy atom. The highest BCUT2D eigenvalue weighted by Crippen LogP contribution is 2.28. The molecule has 11 heavy (non-hydrogen) atoms. The summed E-state index contributed by atoms with van der Waals surface area (Å²) in [5.41, 5.74) is 0.978. The molecule has 0 unspecified atom stereocenters. The van der Waals surface area contributed by atoms with Gasteiger partial charge >= 0.3 is 0 Å². The van der Waals surface area contributed by atoms with Gasteiger partial charge in [-0.1, -0.05) is 40.5 Å². The molecule has 0 saturated heterocycles. The zero-order valence-electron chi connectivity index (χ0n) is 6.20. The zero-order valence-corrected chi connectivity index (χ0v) is 9.71. The van der Waals surface area contributed by atoms with Crippen LogP contribution < -0.4 is 0 Å². The highest BCUT2D eigenvalue weighted by atomic mass is 35.5. The van der Waals surface area contributed by atoms with E-state index < -0.39 is 0 Å². The van der Waals surface area contributed by atoms with E-state index in [1.54, 1.807) is 6.07 Å². The van der Waals surface area contributed by atoms with Crippen LogP contribution in [-0.2, 0) is 0 Å². The minimum atomic E-state index is 0.598. The zero-order chi connectivity index (χ0) is 8.43. The Morgan fingerprint density at radius 3 is 2.45 bits per heavy atom. The molecule has 0 aliphatic carbocycles. The third-order valence-corrected chi connectivity index (χ3v) is 2.77. The van der Waals surface area contributed by atoms with Crippen LogP contribution in [0.15, 0.2) is 24.8 Å². The molecular weight excluding hydrogens is 195 g/mol. The highest BCUT2D eigenvalue weighted by Gasteiger charge is 2.02. The van der Waals surface area contributed by atoms with Gasteiger partial charge in [0.15, 0.2) is 0 Å². The van der Waals surface area contributed by atoms with Gasteiger partial charge in [-0.25, -0.2) is 0 Å². The summed E-state index contributed by atoms with van der Waals surface area (Å²) in [4.78, 5) is 0. The van der Waals surface area contributed by atoms with Crippen LogP contribution in [-0.4, -0.2) is 10.2 Å². The normalized spacial score (nSPS) is 10.0. The molecule has 0 amide bonds. The molecule has 0 N–H and O–H groups in total. The summed E-state index contributed by atoms with van der Waals surface area (Å²) in [5.74, 6) is 0. The number of hydrogen-bond acceptors (Lipinski definition) is 0. The smallest absolute Gasteiger partial charge is 0.0662 e. The molecule has 0 saturated carbocycles. The minimum Gasteiger partial charge on any atom is -0.100 e. The minimum absolute atomic E-state index is 0.598. The molecule has 0 aliphatic heterocycles. The van der Waals surface area contributed by atoms with E-state index in [0.29, 0.717) is 10.0 Å². The lowest BCUT2D eigenvalue weighted by Crippen LogP contribution is -1.83.